The van der Waals surface area contributed by atoms with Gasteiger partial charge < -0.3 is 14.8 Å². The summed E-state index contributed by atoms with van der Waals surface area (Å²) in [7, 11) is -0.260. The SMILES string of the molecule is CCCCN(CCC(=O)Nc1ccc(OC)c(OC)c1)S(C)(=O)=O. The maximum atomic E-state index is 12.1. The maximum Gasteiger partial charge on any atom is 0.225 e. The molecule has 136 valence electrons. The molecule has 0 bridgehead atoms. The van der Waals surface area contributed by atoms with Gasteiger partial charge in [-0.15, -0.1) is 0 Å². The second kappa shape index (κ2) is 9.48. The lowest BCUT2D eigenvalue weighted by Gasteiger charge is -2.19. The number of hydrogen-bond donors (Lipinski definition) is 1. The number of nitrogens with one attached hydrogen (secondary N) is 1. The molecule has 0 unspecified atom stereocenters. The normalized spacial score (nSPS) is 11.4. The van der Waals surface area contributed by atoms with E-state index in [0.717, 1.165) is 19.1 Å². The van der Waals surface area contributed by atoms with Gasteiger partial charge in [0.25, 0.3) is 0 Å². The van der Waals surface area contributed by atoms with Crippen LogP contribution in [0.1, 0.15) is 26.2 Å². The zero-order valence-electron chi connectivity index (χ0n) is 14.7. The van der Waals surface area contributed by atoms with Crippen molar-refractivity contribution in [1.82, 2.24) is 4.31 Å². The Labute approximate surface area is 144 Å². The number of ether oxygens (including phenoxy) is 2. The molecule has 1 rings (SSSR count). The third kappa shape index (κ3) is 6.37. The molecule has 0 spiro atoms. The smallest absolute Gasteiger partial charge is 0.225 e. The predicted octanol–water partition coefficient (Wildman–Crippen LogP) is 2.09. The number of unbranched alkanes of at least 4 members (excludes halogenated alkanes) is 1. The van der Waals surface area contributed by atoms with Crippen LogP contribution in [0.4, 0.5) is 5.69 Å². The van der Waals surface area contributed by atoms with Crippen LogP contribution in [0.3, 0.4) is 0 Å². The third-order valence-corrected chi connectivity index (χ3v) is 4.79. The molecule has 0 fully saturated rings. The van der Waals surface area contributed by atoms with Crippen molar-refractivity contribution < 1.29 is 22.7 Å². The van der Waals surface area contributed by atoms with Crippen LogP contribution in [0.15, 0.2) is 18.2 Å². The number of hydrogen-bond acceptors (Lipinski definition) is 5. The zero-order chi connectivity index (χ0) is 18.2. The highest BCUT2D eigenvalue weighted by Crippen LogP contribution is 2.29. The van der Waals surface area contributed by atoms with Gasteiger partial charge in [0.05, 0.1) is 20.5 Å². The number of nitrogens with zero attached hydrogens (tertiary/aromatic N) is 1. The summed E-state index contributed by atoms with van der Waals surface area (Å²) in [4.78, 5) is 12.1. The molecular weight excluding hydrogens is 332 g/mol. The van der Waals surface area contributed by atoms with Crippen LogP contribution in [0.5, 0.6) is 11.5 Å². The average molecular weight is 358 g/mol. The number of carbonyl (C=O) groups excluding carboxylic acids is 1. The number of anilines is 1. The van der Waals surface area contributed by atoms with Gasteiger partial charge >= 0.3 is 0 Å². The maximum absolute atomic E-state index is 12.1. The van der Waals surface area contributed by atoms with Crippen molar-refractivity contribution in [3.05, 3.63) is 18.2 Å². The third-order valence-electron chi connectivity index (χ3n) is 3.49. The topological polar surface area (TPSA) is 84.9 Å². The number of amides is 1. The van der Waals surface area contributed by atoms with Gasteiger partial charge in [-0.2, -0.15) is 0 Å². The Hall–Kier alpha value is -1.80. The van der Waals surface area contributed by atoms with Crippen molar-refractivity contribution in [2.24, 2.45) is 0 Å². The predicted molar refractivity (Wildman–Crippen MR) is 94.1 cm³/mol. The van der Waals surface area contributed by atoms with E-state index >= 15 is 0 Å². The number of benzene rings is 1. The molecule has 0 aliphatic rings. The van der Waals surface area contributed by atoms with E-state index in [1.54, 1.807) is 18.2 Å². The van der Waals surface area contributed by atoms with Crippen LogP contribution in [-0.2, 0) is 14.8 Å². The van der Waals surface area contributed by atoms with Crippen molar-refractivity contribution in [3.63, 3.8) is 0 Å². The Morgan fingerprint density at radius 1 is 1.17 bits per heavy atom. The van der Waals surface area contributed by atoms with Crippen molar-refractivity contribution in [2.75, 3.05) is 38.9 Å². The van der Waals surface area contributed by atoms with Gasteiger partial charge in [0, 0.05) is 31.3 Å². The highest BCUT2D eigenvalue weighted by Gasteiger charge is 2.17. The fourth-order valence-corrected chi connectivity index (χ4v) is 3.03. The summed E-state index contributed by atoms with van der Waals surface area (Å²) in [6.07, 6.45) is 2.91. The summed E-state index contributed by atoms with van der Waals surface area (Å²) in [5.74, 6) is 0.821. The second-order valence-electron chi connectivity index (χ2n) is 5.38. The van der Waals surface area contributed by atoms with E-state index in [9.17, 15) is 13.2 Å². The Kier molecular flexibility index (Phi) is 8.00. The first-order valence-corrected chi connectivity index (χ1v) is 9.63. The molecule has 8 heteroatoms. The van der Waals surface area contributed by atoms with E-state index in [-0.39, 0.29) is 18.9 Å². The molecule has 0 saturated heterocycles. The molecule has 7 nitrogen and oxygen atoms in total. The molecule has 1 aromatic rings. The molecular formula is C16H26N2O5S. The van der Waals surface area contributed by atoms with Gasteiger partial charge in [-0.05, 0) is 18.6 Å². The number of sulfonamides is 1. The Balaban J connectivity index is 2.65. The summed E-state index contributed by atoms with van der Waals surface area (Å²) in [5.41, 5.74) is 0.567. The molecule has 0 saturated carbocycles. The molecule has 1 aromatic carbocycles. The van der Waals surface area contributed by atoms with Crippen molar-refractivity contribution >= 4 is 21.6 Å². The minimum Gasteiger partial charge on any atom is -0.493 e. The molecule has 0 aliphatic carbocycles. The van der Waals surface area contributed by atoms with Gasteiger partial charge in [-0.1, -0.05) is 13.3 Å². The fourth-order valence-electron chi connectivity index (χ4n) is 2.14. The molecule has 0 heterocycles. The monoisotopic (exact) mass is 358 g/mol. The first-order chi connectivity index (χ1) is 11.3. The summed E-state index contributed by atoms with van der Waals surface area (Å²) >= 11 is 0. The van der Waals surface area contributed by atoms with E-state index in [2.05, 4.69) is 5.32 Å². The standard InChI is InChI=1S/C16H26N2O5S/c1-5-6-10-18(24(4,20)21)11-9-16(19)17-13-7-8-14(22-2)15(12-13)23-3/h7-8,12H,5-6,9-11H2,1-4H3,(H,17,19). The van der Waals surface area contributed by atoms with E-state index in [1.807, 2.05) is 6.92 Å². The Morgan fingerprint density at radius 3 is 2.38 bits per heavy atom. The second-order valence-corrected chi connectivity index (χ2v) is 7.37. The Morgan fingerprint density at radius 2 is 1.83 bits per heavy atom. The van der Waals surface area contributed by atoms with Crippen LogP contribution >= 0.6 is 0 Å². The van der Waals surface area contributed by atoms with E-state index < -0.39 is 10.0 Å². The van der Waals surface area contributed by atoms with Gasteiger partial charge in [-0.3, -0.25) is 4.79 Å². The lowest BCUT2D eigenvalue weighted by Crippen LogP contribution is -2.33. The minimum absolute atomic E-state index is 0.0884. The number of rotatable bonds is 10. The lowest BCUT2D eigenvalue weighted by atomic mass is 10.2. The number of carbonyl (C=O) groups is 1. The van der Waals surface area contributed by atoms with Gasteiger partial charge in [0.1, 0.15) is 0 Å². The van der Waals surface area contributed by atoms with Crippen LogP contribution in [0.25, 0.3) is 0 Å². The fraction of sp³-hybridized carbons (Fsp3) is 0.562. The van der Waals surface area contributed by atoms with Crippen molar-refractivity contribution in [2.45, 2.75) is 26.2 Å². The summed E-state index contributed by atoms with van der Waals surface area (Å²) < 4.78 is 35.1. The largest absolute Gasteiger partial charge is 0.493 e. The van der Waals surface area contributed by atoms with Crippen LogP contribution in [0.2, 0.25) is 0 Å². The van der Waals surface area contributed by atoms with Crippen molar-refractivity contribution in [1.29, 1.82) is 0 Å². The van der Waals surface area contributed by atoms with E-state index in [1.165, 1.54) is 18.5 Å². The molecule has 0 aliphatic heterocycles. The summed E-state index contributed by atoms with van der Waals surface area (Å²) in [6, 6.07) is 5.05. The highest BCUT2D eigenvalue weighted by molar-refractivity contribution is 7.88. The molecule has 24 heavy (non-hydrogen) atoms. The first kappa shape index (κ1) is 20.2. The minimum atomic E-state index is -3.31. The van der Waals surface area contributed by atoms with Gasteiger partial charge in [0.15, 0.2) is 11.5 Å². The number of methoxy groups -OCH3 is 2. The molecule has 0 atom stereocenters. The average Bonchev–Trinajstić information content (AvgIpc) is 2.53. The van der Waals surface area contributed by atoms with E-state index in [0.29, 0.717) is 23.7 Å². The van der Waals surface area contributed by atoms with Crippen LogP contribution in [-0.4, -0.2) is 52.2 Å². The molecule has 0 radical (unpaired) electrons. The Bertz CT molecular complexity index is 646. The molecule has 1 amide bonds. The molecule has 1 N–H and O–H groups in total. The highest BCUT2D eigenvalue weighted by atomic mass is 32.2. The van der Waals surface area contributed by atoms with Crippen LogP contribution < -0.4 is 14.8 Å². The first-order valence-electron chi connectivity index (χ1n) is 7.78. The zero-order valence-corrected chi connectivity index (χ0v) is 15.5. The summed E-state index contributed by atoms with van der Waals surface area (Å²) in [5, 5.41) is 2.73. The van der Waals surface area contributed by atoms with Gasteiger partial charge in [-0.25, -0.2) is 12.7 Å². The summed E-state index contributed by atoms with van der Waals surface area (Å²) in [6.45, 7) is 2.58. The van der Waals surface area contributed by atoms with Crippen LogP contribution in [0, 0.1) is 0 Å². The molecule has 0 aromatic heterocycles. The van der Waals surface area contributed by atoms with Gasteiger partial charge in [0.2, 0.25) is 15.9 Å². The van der Waals surface area contributed by atoms with E-state index in [4.69, 9.17) is 9.47 Å². The quantitative estimate of drug-likeness (QED) is 0.692. The lowest BCUT2D eigenvalue weighted by molar-refractivity contribution is -0.116. The van der Waals surface area contributed by atoms with Crippen molar-refractivity contribution in [3.8, 4) is 11.5 Å².